The number of alkyl halides is 6. The van der Waals surface area contributed by atoms with Crippen molar-refractivity contribution in [3.05, 3.63) is 218 Å². The number of likely N-dealkylation sites (N-methyl/N-ethyl adjacent to an activating group) is 1. The number of ether oxygens (including phenoxy) is 4. The molecule has 1 unspecified atom stereocenters. The third kappa shape index (κ3) is 18.1. The first-order valence-electron chi connectivity index (χ1n) is 26.7. The third-order valence-electron chi connectivity index (χ3n) is 12.3. The monoisotopic (exact) mass is 1290 g/mol. The highest BCUT2D eigenvalue weighted by atomic mass is 35.5. The lowest BCUT2D eigenvalue weighted by Gasteiger charge is -2.17. The predicted octanol–water partition coefficient (Wildman–Crippen LogP) is 12.0. The number of rotatable bonds is 20. The van der Waals surface area contributed by atoms with E-state index >= 15 is 4.39 Å². The summed E-state index contributed by atoms with van der Waals surface area (Å²) in [6, 6.07) is 36.9. The fourth-order valence-electron chi connectivity index (χ4n) is 7.94. The van der Waals surface area contributed by atoms with Crippen molar-refractivity contribution in [1.29, 1.82) is 0 Å². The van der Waals surface area contributed by atoms with Gasteiger partial charge in [0.05, 0.1) is 46.4 Å². The molecule has 2 aromatic heterocycles. The summed E-state index contributed by atoms with van der Waals surface area (Å²) in [5.41, 5.74) is 1.73. The second-order valence-corrected chi connectivity index (χ2v) is 18.8. The Morgan fingerprint density at radius 2 is 1.40 bits per heavy atom. The van der Waals surface area contributed by atoms with Crippen molar-refractivity contribution in [3.8, 4) is 35.0 Å². The lowest BCUT2D eigenvalue weighted by molar-refractivity contribution is -0.138. The number of hydrogen-bond acceptors (Lipinski definition) is 19. The van der Waals surface area contributed by atoms with E-state index in [-0.39, 0.29) is 65.5 Å². The Labute approximate surface area is 519 Å². The summed E-state index contributed by atoms with van der Waals surface area (Å²) in [5, 5.41) is 26.1. The molecule has 1 amide bonds. The molecule has 0 saturated heterocycles. The molecule has 3 heterocycles. The maximum Gasteiger partial charge on any atom is 0.416 e. The molecule has 1 N–H and O–H groups in total. The molecule has 91 heavy (non-hydrogen) atoms. The van der Waals surface area contributed by atoms with Gasteiger partial charge in [-0.15, -0.1) is 5.10 Å². The van der Waals surface area contributed by atoms with Crippen LogP contribution in [-0.2, 0) is 59.7 Å². The first-order valence-corrected chi connectivity index (χ1v) is 27.1. The van der Waals surface area contributed by atoms with Gasteiger partial charge in [-0.2, -0.15) is 40.7 Å². The zero-order valence-corrected chi connectivity index (χ0v) is 50.0. The van der Waals surface area contributed by atoms with Crippen molar-refractivity contribution in [2.75, 3.05) is 41.6 Å². The summed E-state index contributed by atoms with van der Waals surface area (Å²) in [6.45, 7) is 3.71. The van der Waals surface area contributed by atoms with Crippen molar-refractivity contribution >= 4 is 46.8 Å². The van der Waals surface area contributed by atoms with Gasteiger partial charge in [0.1, 0.15) is 51.4 Å². The fraction of sp³-hybridized carbons (Fsp3) is 0.213. The molecule has 0 bridgehead atoms. The van der Waals surface area contributed by atoms with E-state index in [0.29, 0.717) is 50.7 Å². The van der Waals surface area contributed by atoms with E-state index in [1.165, 1.54) is 70.5 Å². The average molecular weight is 1290 g/mol. The Morgan fingerprint density at radius 3 is 2.05 bits per heavy atom. The number of nitrogens with one attached hydrogen (secondary N) is 1. The van der Waals surface area contributed by atoms with E-state index in [0.717, 1.165) is 35.3 Å². The number of nitrogens with zero attached hydrogens (tertiary/aromatic N) is 10. The van der Waals surface area contributed by atoms with Gasteiger partial charge in [0, 0.05) is 30.8 Å². The summed E-state index contributed by atoms with van der Waals surface area (Å²) in [6.07, 6.45) is -7.12. The van der Waals surface area contributed by atoms with Crippen LogP contribution in [0, 0.1) is 5.82 Å². The second-order valence-electron chi connectivity index (χ2n) is 18.4. The summed E-state index contributed by atoms with van der Waals surface area (Å²) in [5.74, 6) is -1.54. The lowest BCUT2D eigenvalue weighted by Crippen LogP contribution is -2.29. The van der Waals surface area contributed by atoms with Crippen LogP contribution in [0.25, 0.3) is 5.69 Å². The van der Waals surface area contributed by atoms with Crippen LogP contribution < -0.4 is 25.2 Å². The summed E-state index contributed by atoms with van der Waals surface area (Å²) < 4.78 is 117. The highest BCUT2D eigenvalue weighted by molar-refractivity contribution is 6.46. The number of carbonyl (C=O) groups excluding carboxylic acids is 1. The number of para-hydroxylation sites is 3. The summed E-state index contributed by atoms with van der Waals surface area (Å²) in [4.78, 5) is 57.6. The second kappa shape index (κ2) is 31.9. The lowest BCUT2D eigenvalue weighted by atomic mass is 10.0. The van der Waals surface area contributed by atoms with Gasteiger partial charge >= 0.3 is 24.1 Å². The molecule has 1 aliphatic rings. The number of amides is 1. The summed E-state index contributed by atoms with van der Waals surface area (Å²) in [7, 11) is 7.06. The minimum atomic E-state index is -4.44. The predicted molar refractivity (Wildman–Crippen MR) is 319 cm³/mol. The number of benzene rings is 6. The van der Waals surface area contributed by atoms with Crippen LogP contribution in [0.2, 0.25) is 5.02 Å². The Morgan fingerprint density at radius 1 is 0.769 bits per heavy atom. The van der Waals surface area contributed by atoms with Crippen LogP contribution in [0.3, 0.4) is 0 Å². The van der Waals surface area contributed by atoms with Crippen molar-refractivity contribution in [3.63, 3.8) is 0 Å². The quantitative estimate of drug-likeness (QED) is 0.0424. The van der Waals surface area contributed by atoms with Crippen molar-refractivity contribution in [2.24, 2.45) is 32.8 Å². The molecule has 30 heteroatoms. The number of methoxy groups -OCH3 is 1. The molecular formula is C61H55ClF7N11O11. The highest BCUT2D eigenvalue weighted by Gasteiger charge is 2.32. The van der Waals surface area contributed by atoms with E-state index in [4.69, 9.17) is 54.7 Å². The van der Waals surface area contributed by atoms with Crippen molar-refractivity contribution in [1.82, 2.24) is 29.6 Å². The molecule has 1 aliphatic heterocycles. The van der Waals surface area contributed by atoms with E-state index in [1.807, 2.05) is 0 Å². The molecule has 1 atom stereocenters. The molecule has 0 saturated carbocycles. The Bertz CT molecular complexity index is 4030. The van der Waals surface area contributed by atoms with E-state index in [2.05, 4.69) is 46.2 Å². The molecular weight excluding hydrogens is 1230 g/mol. The summed E-state index contributed by atoms with van der Waals surface area (Å²) >= 11 is 6.07. The van der Waals surface area contributed by atoms with Crippen LogP contribution in [0.5, 0.6) is 29.3 Å². The first-order chi connectivity index (χ1) is 43.7. The minimum absolute atomic E-state index is 0.0169. The molecule has 476 valence electrons. The molecule has 0 fully saturated rings. The van der Waals surface area contributed by atoms with Crippen LogP contribution in [0.1, 0.15) is 64.5 Å². The maximum absolute atomic E-state index is 15.1. The average Bonchev–Trinajstić information content (AvgIpc) is 1.82. The third-order valence-corrected chi connectivity index (χ3v) is 12.6. The number of aryl methyl sites for hydroxylation is 1. The zero-order valence-electron chi connectivity index (χ0n) is 49.2. The van der Waals surface area contributed by atoms with E-state index in [1.54, 1.807) is 111 Å². The van der Waals surface area contributed by atoms with E-state index in [9.17, 15) is 35.9 Å². The zero-order chi connectivity index (χ0) is 65.7. The van der Waals surface area contributed by atoms with Gasteiger partial charge in [-0.1, -0.05) is 123 Å². The molecule has 9 rings (SSSR count). The molecule has 8 aromatic rings. The van der Waals surface area contributed by atoms with Crippen LogP contribution in [-0.4, -0.2) is 101 Å². The van der Waals surface area contributed by atoms with Gasteiger partial charge < -0.3 is 48.5 Å². The number of oxime groups is 5. The number of aromatic nitrogens is 5. The topological polar surface area (TPSA) is 240 Å². The van der Waals surface area contributed by atoms with Gasteiger partial charge in [-0.05, 0) is 84.7 Å². The van der Waals surface area contributed by atoms with Gasteiger partial charge in [0.2, 0.25) is 5.82 Å². The maximum atomic E-state index is 15.1. The van der Waals surface area contributed by atoms with Crippen LogP contribution in [0.15, 0.2) is 182 Å². The Hall–Kier alpha value is -10.8. The van der Waals surface area contributed by atoms with Crippen LogP contribution in [0.4, 0.5) is 30.7 Å². The standard InChI is InChI=1S/C21H16ClFN4O5.C20H19F3N4O3.C20H20F3N3O3/c1-28-26-18(21-27-30-11-10-29-21)13-6-2-4-8-15(13)31-19-17(23)20(25-12-24-19)32-16-9-5-3-7-14(16)22;1-13(14-8-6-9-16(11-14)20(21,22)23)25-30-12-15-7-4-5-10-17(15)27-18(29-3)24-26(2)19(27)28;1-13(14-8-6-9-16(11-14)20(21,22)23)29-25-12-15-7-4-5-10-17(15)18(26-28-3)19(27)24-2/h2-9,12H,10-11H2,1H3;4-11H,12H2,1-3H3;4-13H,1-3H3,(H,24,27)/b26-18+;25-13+;25-12+,26-18+. The van der Waals surface area contributed by atoms with Gasteiger partial charge in [-0.25, -0.2) is 14.0 Å². The SMILES string of the molecule is CNC(=O)/C(=N/OC)c1ccccc1/C=N/OC(C)c1cccc(C(F)(F)F)c1.CO/N=C(/C1=NOCCO1)c1ccccc1Oc1ncnc(Oc2ccccc2Cl)c1F.COc1nn(C)c(=O)n1-c1ccccc1CO/N=C(\C)c1cccc(C(F)(F)F)c1. The molecule has 22 nitrogen and oxygen atoms in total. The number of hydrogen-bond donors (Lipinski definition) is 1. The van der Waals surface area contributed by atoms with Gasteiger partial charge in [0.25, 0.3) is 23.6 Å². The highest BCUT2D eigenvalue weighted by Crippen LogP contribution is 2.35. The van der Waals surface area contributed by atoms with E-state index < -0.39 is 47.0 Å². The Kier molecular flexibility index (Phi) is 23.7. The smallest absolute Gasteiger partial charge is 0.416 e. The fourth-order valence-corrected chi connectivity index (χ4v) is 8.11. The molecule has 0 aliphatic carbocycles. The molecule has 0 spiro atoms. The first kappa shape index (κ1) is 67.7. The normalized spacial score (nSPS) is 13.0. The molecule has 6 aromatic carbocycles. The largest absolute Gasteiger partial charge is 0.470 e. The van der Waals surface area contributed by atoms with Crippen molar-refractivity contribution in [2.45, 2.75) is 38.9 Å². The van der Waals surface area contributed by atoms with Gasteiger partial charge in [-0.3, -0.25) is 4.79 Å². The number of carbonyl (C=O) groups is 1. The van der Waals surface area contributed by atoms with Crippen molar-refractivity contribution < 1.29 is 78.7 Å². The van der Waals surface area contributed by atoms with Crippen LogP contribution >= 0.6 is 11.6 Å². The Balaban J connectivity index is 0.000000194. The minimum Gasteiger partial charge on any atom is -0.470 e. The van der Waals surface area contributed by atoms with Gasteiger partial charge in [0.15, 0.2) is 18.0 Å². The molecule has 0 radical (unpaired) electrons. The number of halogens is 8.